The molecule has 1 unspecified atom stereocenters. The van der Waals surface area contributed by atoms with Gasteiger partial charge in [-0.2, -0.15) is 0 Å². The van der Waals surface area contributed by atoms with E-state index in [1.165, 1.54) is 11.1 Å². The van der Waals surface area contributed by atoms with E-state index in [9.17, 15) is 5.11 Å². The lowest BCUT2D eigenvalue weighted by Crippen LogP contribution is -2.44. The number of hydrogen-bond donors (Lipinski definition) is 1. The first-order valence-electron chi connectivity index (χ1n) is 11.2. The van der Waals surface area contributed by atoms with Crippen molar-refractivity contribution in [3.8, 4) is 11.5 Å². The van der Waals surface area contributed by atoms with Crippen LogP contribution in [0.5, 0.6) is 11.5 Å². The van der Waals surface area contributed by atoms with Gasteiger partial charge in [0.2, 0.25) is 0 Å². The van der Waals surface area contributed by atoms with Crippen molar-refractivity contribution in [2.24, 2.45) is 0 Å². The Morgan fingerprint density at radius 3 is 2.50 bits per heavy atom. The summed E-state index contributed by atoms with van der Waals surface area (Å²) in [4.78, 5) is 2.46. The van der Waals surface area contributed by atoms with Gasteiger partial charge in [0.1, 0.15) is 18.1 Å². The van der Waals surface area contributed by atoms with Gasteiger partial charge in [0.15, 0.2) is 6.79 Å². The Balaban J connectivity index is 1.49. The van der Waals surface area contributed by atoms with Crippen molar-refractivity contribution < 1.29 is 19.3 Å². The van der Waals surface area contributed by atoms with Gasteiger partial charge in [-0.3, -0.25) is 4.90 Å². The number of hydrogen-bond acceptors (Lipinski definition) is 5. The molecule has 0 aliphatic carbocycles. The van der Waals surface area contributed by atoms with Gasteiger partial charge in [-0.1, -0.05) is 54.6 Å². The monoisotopic (exact) mass is 431 g/mol. The molecule has 1 saturated heterocycles. The van der Waals surface area contributed by atoms with Crippen LogP contribution in [0.15, 0.2) is 72.8 Å². The number of benzene rings is 3. The third-order valence-corrected chi connectivity index (χ3v) is 6.65. The largest absolute Gasteiger partial charge is 0.489 e. The molecule has 32 heavy (non-hydrogen) atoms. The van der Waals surface area contributed by atoms with Crippen molar-refractivity contribution in [3.63, 3.8) is 0 Å². The Hall–Kier alpha value is -2.86. The van der Waals surface area contributed by atoms with Gasteiger partial charge in [-0.15, -0.1) is 0 Å². The molecular weight excluding hydrogens is 402 g/mol. The summed E-state index contributed by atoms with van der Waals surface area (Å²) in [7, 11) is 1.62. The van der Waals surface area contributed by atoms with E-state index in [-0.39, 0.29) is 12.8 Å². The molecule has 0 bridgehead atoms. The molecule has 5 heteroatoms. The number of rotatable bonds is 5. The van der Waals surface area contributed by atoms with Gasteiger partial charge in [-0.05, 0) is 47.7 Å². The number of nitrogens with zero attached hydrogens (tertiary/aromatic N) is 1. The average molecular weight is 432 g/mol. The first kappa shape index (κ1) is 21.0. The first-order valence-corrected chi connectivity index (χ1v) is 11.2. The summed E-state index contributed by atoms with van der Waals surface area (Å²) in [5.74, 6) is 1.64. The molecule has 1 atom stereocenters. The molecule has 1 fully saturated rings. The molecule has 2 aliphatic heterocycles. The fourth-order valence-corrected chi connectivity index (χ4v) is 4.93. The standard InChI is InChI=1S/C27H29NO4/c1-30-19-32-22-11-12-25-24(17-22)26(23-10-6-5-7-20(23)18-31-25)28-15-13-27(29,14-16-28)21-8-3-2-4-9-21/h2-12,17,26,29H,13-16,18-19H2,1H3. The Morgan fingerprint density at radius 2 is 1.72 bits per heavy atom. The van der Waals surface area contributed by atoms with Gasteiger partial charge >= 0.3 is 0 Å². The molecule has 5 rings (SSSR count). The second-order valence-corrected chi connectivity index (χ2v) is 8.57. The zero-order chi connectivity index (χ0) is 22.0. The highest BCUT2D eigenvalue weighted by Gasteiger charge is 2.38. The maximum Gasteiger partial charge on any atom is 0.188 e. The van der Waals surface area contributed by atoms with E-state index >= 15 is 0 Å². The lowest BCUT2D eigenvalue weighted by atomic mass is 9.82. The number of fused-ring (bicyclic) bond motifs is 2. The molecule has 3 aromatic rings. The Labute approximate surface area is 189 Å². The van der Waals surface area contributed by atoms with Crippen molar-refractivity contribution in [3.05, 3.63) is 95.1 Å². The van der Waals surface area contributed by atoms with Crippen LogP contribution in [0.4, 0.5) is 0 Å². The molecule has 0 radical (unpaired) electrons. The smallest absolute Gasteiger partial charge is 0.188 e. The van der Waals surface area contributed by atoms with Gasteiger partial charge < -0.3 is 19.3 Å². The maximum absolute atomic E-state index is 11.4. The molecule has 166 valence electrons. The SMILES string of the molecule is COCOc1ccc2c(c1)C(N1CCC(O)(c3ccccc3)CC1)c1ccccc1CO2. The highest BCUT2D eigenvalue weighted by Crippen LogP contribution is 2.44. The van der Waals surface area contributed by atoms with Crippen molar-refractivity contribution in [1.29, 1.82) is 0 Å². The van der Waals surface area contributed by atoms with Crippen LogP contribution in [0.1, 0.15) is 41.1 Å². The van der Waals surface area contributed by atoms with Crippen LogP contribution in [0.3, 0.4) is 0 Å². The molecule has 1 N–H and O–H groups in total. The van der Waals surface area contributed by atoms with Gasteiger partial charge in [-0.25, -0.2) is 0 Å². The minimum absolute atomic E-state index is 0.0371. The Kier molecular flexibility index (Phi) is 5.87. The number of aliphatic hydroxyl groups is 1. The molecule has 5 nitrogen and oxygen atoms in total. The fourth-order valence-electron chi connectivity index (χ4n) is 4.93. The van der Waals surface area contributed by atoms with Crippen LogP contribution in [0.25, 0.3) is 0 Å². The zero-order valence-corrected chi connectivity index (χ0v) is 18.4. The molecular formula is C27H29NO4. The van der Waals surface area contributed by atoms with E-state index < -0.39 is 5.60 Å². The summed E-state index contributed by atoms with van der Waals surface area (Å²) in [5.41, 5.74) is 3.75. The van der Waals surface area contributed by atoms with E-state index in [2.05, 4.69) is 35.2 Å². The molecule has 0 spiro atoms. The van der Waals surface area contributed by atoms with E-state index in [0.29, 0.717) is 19.4 Å². The minimum atomic E-state index is -0.787. The Bertz CT molecular complexity index is 1060. The van der Waals surface area contributed by atoms with Crippen molar-refractivity contribution >= 4 is 0 Å². The van der Waals surface area contributed by atoms with Crippen LogP contribution >= 0.6 is 0 Å². The zero-order valence-electron chi connectivity index (χ0n) is 18.4. The summed E-state index contributed by atoms with van der Waals surface area (Å²) in [6.07, 6.45) is 1.37. The highest BCUT2D eigenvalue weighted by atomic mass is 16.7. The van der Waals surface area contributed by atoms with Crippen LogP contribution < -0.4 is 9.47 Å². The number of likely N-dealkylation sites (tertiary alicyclic amines) is 1. The third kappa shape index (κ3) is 3.99. The van der Waals surface area contributed by atoms with Crippen molar-refractivity contribution in [2.75, 3.05) is 27.0 Å². The van der Waals surface area contributed by atoms with Crippen molar-refractivity contribution in [1.82, 2.24) is 4.90 Å². The molecule has 0 amide bonds. The summed E-state index contributed by atoms with van der Waals surface area (Å²) in [6, 6.07) is 24.5. The molecule has 2 aliphatic rings. The summed E-state index contributed by atoms with van der Waals surface area (Å²) < 4.78 is 17.0. The van der Waals surface area contributed by atoms with E-state index in [1.807, 2.05) is 42.5 Å². The van der Waals surface area contributed by atoms with Gasteiger partial charge in [0, 0.05) is 25.8 Å². The maximum atomic E-state index is 11.4. The number of piperidine rings is 1. The molecule has 0 aromatic heterocycles. The summed E-state index contributed by atoms with van der Waals surface area (Å²) >= 11 is 0. The average Bonchev–Trinajstić information content (AvgIpc) is 3.00. The van der Waals surface area contributed by atoms with E-state index in [1.54, 1.807) is 7.11 Å². The van der Waals surface area contributed by atoms with Crippen molar-refractivity contribution in [2.45, 2.75) is 31.1 Å². The van der Waals surface area contributed by atoms with Crippen LogP contribution in [-0.2, 0) is 16.9 Å². The fraction of sp³-hybridized carbons (Fsp3) is 0.333. The number of methoxy groups -OCH3 is 1. The van der Waals surface area contributed by atoms with Gasteiger partial charge in [0.05, 0.1) is 11.6 Å². The minimum Gasteiger partial charge on any atom is -0.489 e. The van der Waals surface area contributed by atoms with E-state index in [0.717, 1.165) is 35.7 Å². The summed E-state index contributed by atoms with van der Waals surface area (Å²) in [6.45, 7) is 2.31. The van der Waals surface area contributed by atoms with Crippen LogP contribution in [-0.4, -0.2) is 37.0 Å². The summed E-state index contributed by atoms with van der Waals surface area (Å²) in [5, 5.41) is 11.4. The van der Waals surface area contributed by atoms with Gasteiger partial charge in [0.25, 0.3) is 0 Å². The lowest BCUT2D eigenvalue weighted by molar-refractivity contribution is -0.0325. The predicted molar refractivity (Wildman–Crippen MR) is 123 cm³/mol. The normalized spacial score (nSPS) is 19.9. The predicted octanol–water partition coefficient (Wildman–Crippen LogP) is 4.63. The molecule has 2 heterocycles. The molecule has 0 saturated carbocycles. The second kappa shape index (κ2) is 8.94. The quantitative estimate of drug-likeness (QED) is 0.597. The Morgan fingerprint density at radius 1 is 0.969 bits per heavy atom. The highest BCUT2D eigenvalue weighted by molar-refractivity contribution is 5.49. The topological polar surface area (TPSA) is 51.2 Å². The van der Waals surface area contributed by atoms with E-state index in [4.69, 9.17) is 14.2 Å². The first-order chi connectivity index (χ1) is 15.7. The number of ether oxygens (including phenoxy) is 3. The third-order valence-electron chi connectivity index (χ3n) is 6.65. The lowest BCUT2D eigenvalue weighted by Gasteiger charge is -2.42. The second-order valence-electron chi connectivity index (χ2n) is 8.57. The molecule has 3 aromatic carbocycles. The van der Waals surface area contributed by atoms with Crippen LogP contribution in [0.2, 0.25) is 0 Å². The van der Waals surface area contributed by atoms with Crippen LogP contribution in [0, 0.1) is 0 Å².